The summed E-state index contributed by atoms with van der Waals surface area (Å²) < 4.78 is 8.88. The van der Waals surface area contributed by atoms with Gasteiger partial charge < -0.3 is 24.9 Å². The van der Waals surface area contributed by atoms with Gasteiger partial charge in [0.1, 0.15) is 13.2 Å². The Morgan fingerprint density at radius 2 is 1.25 bits per heavy atom. The molecule has 72 valence electrons. The fraction of sp³-hybridized carbons (Fsp3) is 0.667. The van der Waals surface area contributed by atoms with Crippen LogP contribution in [0.2, 0.25) is 0 Å². The first-order chi connectivity index (χ1) is 4.81. The van der Waals surface area contributed by atoms with Gasteiger partial charge in [-0.25, -0.2) is 4.57 Å². The van der Waals surface area contributed by atoms with E-state index >= 15 is 0 Å². The zero-order chi connectivity index (χ0) is 9.49. The van der Waals surface area contributed by atoms with Crippen LogP contribution in [0.25, 0.3) is 0 Å². The van der Waals surface area contributed by atoms with E-state index in [0.29, 0.717) is 0 Å². The molecule has 0 aromatic carbocycles. The standard InChI is InChI=1S/C3H6O3.Ca.H3O4P.2H/c4-1-3(6)2-5;;1-5(2,3)4;;/h4-5H,1-2H2;;(H3,1,2,3,4);;. The van der Waals surface area contributed by atoms with E-state index in [4.69, 9.17) is 29.5 Å². The number of hydrogen-bond acceptors (Lipinski definition) is 4. The van der Waals surface area contributed by atoms with E-state index in [0.717, 1.165) is 0 Å². The van der Waals surface area contributed by atoms with Crippen LogP contribution in [0.4, 0.5) is 0 Å². The van der Waals surface area contributed by atoms with Gasteiger partial charge in [0.15, 0.2) is 5.78 Å². The zero-order valence-electron chi connectivity index (χ0n) is 5.41. The van der Waals surface area contributed by atoms with E-state index in [-0.39, 0.29) is 37.7 Å². The number of carbonyl (C=O) groups is 1. The fourth-order valence-corrected chi connectivity index (χ4v) is 0.0500. The van der Waals surface area contributed by atoms with Crippen molar-refractivity contribution in [3.05, 3.63) is 0 Å². The molecule has 0 unspecified atom stereocenters. The first-order valence-corrected chi connectivity index (χ1v) is 3.89. The van der Waals surface area contributed by atoms with Crippen molar-refractivity contribution in [3.8, 4) is 0 Å². The van der Waals surface area contributed by atoms with Crippen LogP contribution in [0.3, 0.4) is 0 Å². The molecule has 12 heavy (non-hydrogen) atoms. The Balaban J connectivity index is -0.000000126. The van der Waals surface area contributed by atoms with E-state index in [1.165, 1.54) is 0 Å². The molecule has 0 aromatic rings. The molecule has 9 heteroatoms. The van der Waals surface area contributed by atoms with Crippen LogP contribution in [0, 0.1) is 0 Å². The van der Waals surface area contributed by atoms with Crippen molar-refractivity contribution in [1.82, 2.24) is 0 Å². The van der Waals surface area contributed by atoms with Crippen molar-refractivity contribution in [1.29, 1.82) is 0 Å². The van der Waals surface area contributed by atoms with Crippen molar-refractivity contribution in [2.45, 2.75) is 0 Å². The number of aliphatic hydroxyl groups is 2. The third kappa shape index (κ3) is 44.2. The van der Waals surface area contributed by atoms with Crippen LogP contribution in [-0.2, 0) is 9.36 Å². The summed E-state index contributed by atoms with van der Waals surface area (Å²) in [4.78, 5) is 31.2. The van der Waals surface area contributed by atoms with Gasteiger partial charge in [-0.15, -0.1) is 0 Å². The Labute approximate surface area is 98.3 Å². The molecule has 0 radical (unpaired) electrons. The summed E-state index contributed by atoms with van der Waals surface area (Å²) in [7, 11) is -4.64. The van der Waals surface area contributed by atoms with Crippen molar-refractivity contribution < 1.29 is 34.3 Å². The van der Waals surface area contributed by atoms with Crippen LogP contribution in [0.5, 0.6) is 0 Å². The molecule has 0 aliphatic rings. The average molecular weight is 230 g/mol. The van der Waals surface area contributed by atoms with Gasteiger partial charge >= 0.3 is 45.6 Å². The van der Waals surface area contributed by atoms with Crippen LogP contribution in [0.15, 0.2) is 0 Å². The molecule has 5 N–H and O–H groups in total. The minimum atomic E-state index is -4.64. The van der Waals surface area contributed by atoms with Gasteiger partial charge in [0.2, 0.25) is 0 Å². The van der Waals surface area contributed by atoms with Gasteiger partial charge in [0.25, 0.3) is 0 Å². The molecule has 0 spiro atoms. The Morgan fingerprint density at radius 1 is 1.08 bits per heavy atom. The maximum atomic E-state index is 9.68. The second-order valence-electron chi connectivity index (χ2n) is 1.37. The summed E-state index contributed by atoms with van der Waals surface area (Å²) in [6, 6.07) is 0. The van der Waals surface area contributed by atoms with E-state index < -0.39 is 26.8 Å². The molecule has 0 aliphatic heterocycles. The normalized spacial score (nSPS) is 9.08. The monoisotopic (exact) mass is 230 g/mol. The number of ketones is 1. The molecule has 0 saturated heterocycles. The van der Waals surface area contributed by atoms with Crippen molar-refractivity contribution in [2.24, 2.45) is 0 Å². The summed E-state index contributed by atoms with van der Waals surface area (Å²) in [6.45, 7) is -1.12. The van der Waals surface area contributed by atoms with Crippen LogP contribution >= 0.6 is 7.82 Å². The number of hydrogen-bond donors (Lipinski definition) is 5. The molecule has 0 saturated carbocycles. The molecule has 0 heterocycles. The average Bonchev–Trinajstić information content (AvgIpc) is 1.83. The van der Waals surface area contributed by atoms with Gasteiger partial charge in [-0.1, -0.05) is 0 Å². The second kappa shape index (κ2) is 10.0. The number of aliphatic hydroxyl groups excluding tert-OH is 2. The zero-order valence-corrected chi connectivity index (χ0v) is 6.31. The summed E-state index contributed by atoms with van der Waals surface area (Å²) in [5.74, 6) is -0.546. The molecular weight excluding hydrogens is 219 g/mol. The third-order valence-electron chi connectivity index (χ3n) is 0.353. The number of phosphoric acid groups is 1. The topological polar surface area (TPSA) is 135 Å². The summed E-state index contributed by atoms with van der Waals surface area (Å²) >= 11 is 0. The minimum absolute atomic E-state index is 0. The Kier molecular flexibility index (Phi) is 15.6. The van der Waals surface area contributed by atoms with Crippen LogP contribution in [-0.4, -0.2) is 81.6 Å². The number of carbonyl (C=O) groups excluding carboxylic acids is 1. The Bertz CT molecular complexity index is 138. The van der Waals surface area contributed by atoms with E-state index in [1.807, 2.05) is 0 Å². The maximum absolute atomic E-state index is 9.68. The Hall–Kier alpha value is 0.960. The predicted octanol–water partition coefficient (Wildman–Crippen LogP) is -3.30. The van der Waals surface area contributed by atoms with Gasteiger partial charge in [0, 0.05) is 0 Å². The first-order valence-electron chi connectivity index (χ1n) is 2.33. The molecule has 7 nitrogen and oxygen atoms in total. The molecule has 0 aliphatic carbocycles. The molecule has 0 aromatic heterocycles. The summed E-state index contributed by atoms with van der Waals surface area (Å²) in [5.41, 5.74) is 0. The second-order valence-corrected chi connectivity index (χ2v) is 2.39. The first kappa shape index (κ1) is 18.7. The summed E-state index contributed by atoms with van der Waals surface area (Å²) in [5, 5.41) is 15.7. The summed E-state index contributed by atoms with van der Waals surface area (Å²) in [6.07, 6.45) is 0. The fourth-order valence-electron chi connectivity index (χ4n) is 0.0500. The van der Waals surface area contributed by atoms with Gasteiger partial charge in [-0.05, 0) is 0 Å². The van der Waals surface area contributed by atoms with Gasteiger partial charge in [0.05, 0.1) is 0 Å². The van der Waals surface area contributed by atoms with E-state index in [2.05, 4.69) is 0 Å². The SMILES string of the molecule is O=C(CO)CO.O=P(O)(O)O.[CaH2]. The third-order valence-corrected chi connectivity index (χ3v) is 0.353. The number of rotatable bonds is 2. The number of Topliss-reactive ketones (excluding diaryl/α,β-unsaturated/α-hetero) is 1. The molecule has 0 rings (SSSR count). The predicted molar refractivity (Wildman–Crippen MR) is 42.0 cm³/mol. The quantitative estimate of drug-likeness (QED) is 0.247. The van der Waals surface area contributed by atoms with Crippen molar-refractivity contribution in [3.63, 3.8) is 0 Å². The van der Waals surface area contributed by atoms with E-state index in [1.54, 1.807) is 0 Å². The van der Waals surface area contributed by atoms with Gasteiger partial charge in [-0.3, -0.25) is 4.79 Å². The molecule has 0 atom stereocenters. The Morgan fingerprint density at radius 3 is 1.25 bits per heavy atom. The van der Waals surface area contributed by atoms with Crippen molar-refractivity contribution in [2.75, 3.05) is 13.2 Å². The van der Waals surface area contributed by atoms with E-state index in [9.17, 15) is 4.79 Å². The van der Waals surface area contributed by atoms with Crippen molar-refractivity contribution >= 4 is 51.3 Å². The molecular formula is C3H11CaO7P. The molecule has 0 bridgehead atoms. The molecule has 0 fully saturated rings. The van der Waals surface area contributed by atoms with Crippen LogP contribution in [0.1, 0.15) is 0 Å². The molecule has 0 amide bonds. The van der Waals surface area contributed by atoms with Gasteiger partial charge in [-0.2, -0.15) is 0 Å². The van der Waals surface area contributed by atoms with Crippen LogP contribution < -0.4 is 0 Å².